The number of halogens is 1. The zero-order chi connectivity index (χ0) is 13.0. The largest absolute Gasteiger partial charge is 0.340 e. The second kappa shape index (κ2) is 5.48. The number of aromatic nitrogens is 2. The summed E-state index contributed by atoms with van der Waals surface area (Å²) in [5, 5.41) is 9.50. The predicted molar refractivity (Wildman–Crippen MR) is 70.3 cm³/mol. The van der Waals surface area contributed by atoms with Crippen molar-refractivity contribution in [1.82, 2.24) is 9.97 Å². The van der Waals surface area contributed by atoms with Gasteiger partial charge in [-0.25, -0.2) is 9.97 Å². The minimum atomic E-state index is 0.359. The van der Waals surface area contributed by atoms with E-state index in [0.29, 0.717) is 23.2 Å². The molecule has 0 amide bonds. The van der Waals surface area contributed by atoms with Crippen molar-refractivity contribution in [1.29, 1.82) is 5.26 Å². The normalized spacial score (nSPS) is 9.83. The quantitative estimate of drug-likeness (QED) is 0.849. The van der Waals surface area contributed by atoms with E-state index in [1.807, 2.05) is 42.3 Å². The molecular weight excluding hydrogens is 248 g/mol. The fourth-order valence-corrected chi connectivity index (χ4v) is 1.79. The zero-order valence-corrected chi connectivity index (χ0v) is 10.6. The van der Waals surface area contributed by atoms with Crippen molar-refractivity contribution in [2.45, 2.75) is 6.54 Å². The smallest absolute Gasteiger partial charge is 0.226 e. The van der Waals surface area contributed by atoms with Crippen LogP contribution in [0.5, 0.6) is 0 Å². The van der Waals surface area contributed by atoms with Gasteiger partial charge in [0.15, 0.2) is 0 Å². The molecule has 2 aromatic rings. The van der Waals surface area contributed by atoms with Crippen molar-refractivity contribution in [2.24, 2.45) is 0 Å². The third-order valence-electron chi connectivity index (χ3n) is 2.41. The zero-order valence-electron chi connectivity index (χ0n) is 9.84. The van der Waals surface area contributed by atoms with E-state index in [0.717, 1.165) is 5.56 Å². The Morgan fingerprint density at radius 1 is 1.39 bits per heavy atom. The molecule has 0 saturated carbocycles. The minimum Gasteiger partial charge on any atom is -0.340 e. The van der Waals surface area contributed by atoms with Gasteiger partial charge in [-0.3, -0.25) is 0 Å². The first kappa shape index (κ1) is 12.3. The Balaban J connectivity index is 2.17. The molecule has 0 bridgehead atoms. The molecule has 5 heteroatoms. The lowest BCUT2D eigenvalue weighted by Crippen LogP contribution is -2.19. The van der Waals surface area contributed by atoms with Gasteiger partial charge in [0.2, 0.25) is 5.95 Å². The van der Waals surface area contributed by atoms with Gasteiger partial charge >= 0.3 is 0 Å². The van der Waals surface area contributed by atoms with Crippen LogP contribution in [0.3, 0.4) is 0 Å². The van der Waals surface area contributed by atoms with Gasteiger partial charge in [0.05, 0.1) is 0 Å². The lowest BCUT2D eigenvalue weighted by atomic mass is 10.2. The van der Waals surface area contributed by atoms with Gasteiger partial charge in [-0.1, -0.05) is 23.7 Å². The Morgan fingerprint density at radius 2 is 2.22 bits per heavy atom. The number of hydrogen-bond acceptors (Lipinski definition) is 4. The predicted octanol–water partition coefficient (Wildman–Crippen LogP) is 2.64. The topological polar surface area (TPSA) is 52.8 Å². The van der Waals surface area contributed by atoms with Crippen LogP contribution in [0.4, 0.5) is 5.95 Å². The summed E-state index contributed by atoms with van der Waals surface area (Å²) in [6.07, 6.45) is 1.58. The van der Waals surface area contributed by atoms with Crippen LogP contribution in [0.2, 0.25) is 5.02 Å². The monoisotopic (exact) mass is 258 g/mol. The van der Waals surface area contributed by atoms with Crippen LogP contribution < -0.4 is 4.90 Å². The summed E-state index contributed by atoms with van der Waals surface area (Å²) < 4.78 is 0. The summed E-state index contributed by atoms with van der Waals surface area (Å²) in [5.74, 6) is 0.522. The molecule has 0 aliphatic heterocycles. The third kappa shape index (κ3) is 2.96. The van der Waals surface area contributed by atoms with Crippen LogP contribution in [-0.2, 0) is 6.54 Å². The first-order valence-corrected chi connectivity index (χ1v) is 5.75. The molecule has 0 fully saturated rings. The molecule has 0 aliphatic carbocycles. The van der Waals surface area contributed by atoms with Crippen LogP contribution >= 0.6 is 11.6 Å². The molecule has 0 N–H and O–H groups in total. The number of nitriles is 1. The first-order valence-electron chi connectivity index (χ1n) is 5.38. The van der Waals surface area contributed by atoms with E-state index < -0.39 is 0 Å². The number of nitrogens with zero attached hydrogens (tertiary/aromatic N) is 4. The molecule has 0 spiro atoms. The number of rotatable bonds is 3. The molecule has 4 nitrogen and oxygen atoms in total. The molecule has 0 aliphatic rings. The fraction of sp³-hybridized carbons (Fsp3) is 0.154. The summed E-state index contributed by atoms with van der Waals surface area (Å²) >= 11 is 5.93. The van der Waals surface area contributed by atoms with Crippen LogP contribution in [0.1, 0.15) is 11.3 Å². The van der Waals surface area contributed by atoms with E-state index in [9.17, 15) is 0 Å². The Bertz CT molecular complexity index is 592. The van der Waals surface area contributed by atoms with Crippen molar-refractivity contribution in [3.05, 3.63) is 52.8 Å². The van der Waals surface area contributed by atoms with Gasteiger partial charge in [-0.05, 0) is 23.8 Å². The van der Waals surface area contributed by atoms with Gasteiger partial charge in [-0.15, -0.1) is 0 Å². The lowest BCUT2D eigenvalue weighted by Gasteiger charge is -2.16. The van der Waals surface area contributed by atoms with E-state index in [2.05, 4.69) is 9.97 Å². The van der Waals surface area contributed by atoms with Gasteiger partial charge in [-0.2, -0.15) is 5.26 Å². The maximum Gasteiger partial charge on any atom is 0.226 e. The minimum absolute atomic E-state index is 0.359. The van der Waals surface area contributed by atoms with E-state index >= 15 is 0 Å². The van der Waals surface area contributed by atoms with Gasteiger partial charge in [0, 0.05) is 24.8 Å². The summed E-state index contributed by atoms with van der Waals surface area (Å²) in [5.41, 5.74) is 1.42. The second-order valence-corrected chi connectivity index (χ2v) is 4.28. The van der Waals surface area contributed by atoms with Gasteiger partial charge in [0.1, 0.15) is 11.8 Å². The van der Waals surface area contributed by atoms with E-state index in [4.69, 9.17) is 16.9 Å². The molecule has 0 unspecified atom stereocenters. The third-order valence-corrected chi connectivity index (χ3v) is 2.64. The van der Waals surface area contributed by atoms with Crippen molar-refractivity contribution in [2.75, 3.05) is 11.9 Å². The average molecular weight is 259 g/mol. The standard InChI is InChI=1S/C13H11ClN4/c1-18(9-10-3-2-4-11(14)7-10)13-16-6-5-12(8-15)17-13/h2-7H,9H2,1H3. The van der Waals surface area contributed by atoms with Crippen molar-refractivity contribution in [3.63, 3.8) is 0 Å². The van der Waals surface area contributed by atoms with Crippen molar-refractivity contribution >= 4 is 17.5 Å². The van der Waals surface area contributed by atoms with Crippen molar-refractivity contribution in [3.8, 4) is 6.07 Å². The van der Waals surface area contributed by atoms with Crippen molar-refractivity contribution < 1.29 is 0 Å². The van der Waals surface area contributed by atoms with Gasteiger partial charge < -0.3 is 4.90 Å². The molecule has 18 heavy (non-hydrogen) atoms. The van der Waals surface area contributed by atoms with Crippen LogP contribution in [0.15, 0.2) is 36.5 Å². The highest BCUT2D eigenvalue weighted by atomic mass is 35.5. The first-order chi connectivity index (χ1) is 8.69. The molecule has 1 aromatic carbocycles. The summed E-state index contributed by atoms with van der Waals surface area (Å²) in [4.78, 5) is 10.1. The Kier molecular flexibility index (Phi) is 3.75. The molecule has 1 heterocycles. The summed E-state index contributed by atoms with van der Waals surface area (Å²) in [7, 11) is 1.87. The summed E-state index contributed by atoms with van der Waals surface area (Å²) in [6.45, 7) is 0.634. The molecule has 0 atom stereocenters. The van der Waals surface area contributed by atoms with Crippen LogP contribution in [0.25, 0.3) is 0 Å². The lowest BCUT2D eigenvalue weighted by molar-refractivity contribution is 0.864. The Morgan fingerprint density at radius 3 is 2.94 bits per heavy atom. The average Bonchev–Trinajstić information content (AvgIpc) is 2.39. The maximum atomic E-state index is 8.79. The fourth-order valence-electron chi connectivity index (χ4n) is 1.57. The molecule has 2 rings (SSSR count). The maximum absolute atomic E-state index is 8.79. The second-order valence-electron chi connectivity index (χ2n) is 3.84. The molecular formula is C13H11ClN4. The highest BCUT2D eigenvalue weighted by Gasteiger charge is 2.06. The number of anilines is 1. The Labute approximate surface area is 110 Å². The number of hydrogen-bond donors (Lipinski definition) is 0. The SMILES string of the molecule is CN(Cc1cccc(Cl)c1)c1nccc(C#N)n1. The van der Waals surface area contributed by atoms with Crippen LogP contribution in [-0.4, -0.2) is 17.0 Å². The highest BCUT2D eigenvalue weighted by Crippen LogP contribution is 2.14. The highest BCUT2D eigenvalue weighted by molar-refractivity contribution is 6.30. The molecule has 0 saturated heterocycles. The summed E-state index contributed by atoms with van der Waals surface area (Å²) in [6, 6.07) is 11.2. The van der Waals surface area contributed by atoms with E-state index in [1.54, 1.807) is 12.3 Å². The van der Waals surface area contributed by atoms with Crippen LogP contribution in [0, 0.1) is 11.3 Å². The van der Waals surface area contributed by atoms with Gasteiger partial charge in [0.25, 0.3) is 0 Å². The molecule has 0 radical (unpaired) electrons. The molecule has 1 aromatic heterocycles. The Hall–Kier alpha value is -2.12. The van der Waals surface area contributed by atoms with E-state index in [-0.39, 0.29) is 0 Å². The number of benzene rings is 1. The van der Waals surface area contributed by atoms with E-state index in [1.165, 1.54) is 0 Å². The molecule has 90 valence electrons.